The lowest BCUT2D eigenvalue weighted by atomic mass is 9.92. The average molecular weight is 237 g/mol. The zero-order valence-electron chi connectivity index (χ0n) is 10.9. The third-order valence-corrected chi connectivity index (χ3v) is 3.79. The molecular formula is C13H23N3O. The number of hydrogen-bond acceptors (Lipinski definition) is 3. The number of likely N-dealkylation sites (tertiary alicyclic amines) is 1. The first-order valence-corrected chi connectivity index (χ1v) is 6.58. The lowest BCUT2D eigenvalue weighted by Crippen LogP contribution is -2.40. The summed E-state index contributed by atoms with van der Waals surface area (Å²) >= 11 is 0. The summed E-state index contributed by atoms with van der Waals surface area (Å²) in [4.78, 5) is 13.8. The van der Waals surface area contributed by atoms with E-state index in [0.717, 1.165) is 25.7 Å². The zero-order valence-corrected chi connectivity index (χ0v) is 10.9. The summed E-state index contributed by atoms with van der Waals surface area (Å²) in [5, 5.41) is 8.95. The number of rotatable bonds is 5. The van der Waals surface area contributed by atoms with Crippen LogP contribution in [-0.4, -0.2) is 29.4 Å². The maximum Gasteiger partial charge on any atom is 0.225 e. The smallest absolute Gasteiger partial charge is 0.225 e. The highest BCUT2D eigenvalue weighted by atomic mass is 16.2. The fourth-order valence-corrected chi connectivity index (χ4v) is 2.58. The summed E-state index contributed by atoms with van der Waals surface area (Å²) < 4.78 is 0. The second kappa shape index (κ2) is 6.61. The molecule has 17 heavy (non-hydrogen) atoms. The Bertz CT molecular complexity index is 294. The third kappa shape index (κ3) is 3.44. The van der Waals surface area contributed by atoms with Crippen LogP contribution in [-0.2, 0) is 4.79 Å². The highest BCUT2D eigenvalue weighted by Crippen LogP contribution is 2.20. The SMILES string of the molecule is CCC(CC)C(N)CC(=O)N1CCC[C@H]1C#N. The van der Waals surface area contributed by atoms with Crippen LogP contribution >= 0.6 is 0 Å². The Balaban J connectivity index is 2.51. The van der Waals surface area contributed by atoms with Crippen molar-refractivity contribution >= 4 is 5.91 Å². The van der Waals surface area contributed by atoms with Gasteiger partial charge in [-0.15, -0.1) is 0 Å². The molecule has 0 aliphatic carbocycles. The third-order valence-electron chi connectivity index (χ3n) is 3.79. The predicted octanol–water partition coefficient (Wildman–Crippen LogP) is 1.65. The van der Waals surface area contributed by atoms with E-state index in [1.807, 2.05) is 0 Å². The Morgan fingerprint density at radius 2 is 2.18 bits per heavy atom. The van der Waals surface area contributed by atoms with Crippen LogP contribution in [0.2, 0.25) is 0 Å². The van der Waals surface area contributed by atoms with Gasteiger partial charge in [-0.2, -0.15) is 5.26 Å². The van der Waals surface area contributed by atoms with E-state index in [4.69, 9.17) is 11.0 Å². The standard InChI is InChI=1S/C13H23N3O/c1-3-10(4-2)12(15)8-13(17)16-7-5-6-11(16)9-14/h10-12H,3-8,15H2,1-2H3/t11-,12?/m0/s1. The van der Waals surface area contributed by atoms with Gasteiger partial charge in [0.05, 0.1) is 6.07 Å². The first-order valence-electron chi connectivity index (χ1n) is 6.58. The summed E-state index contributed by atoms with van der Waals surface area (Å²) in [6.45, 7) is 4.92. The molecule has 0 radical (unpaired) electrons. The molecule has 96 valence electrons. The molecule has 2 N–H and O–H groups in total. The monoisotopic (exact) mass is 237 g/mol. The quantitative estimate of drug-likeness (QED) is 0.790. The molecule has 1 fully saturated rings. The molecule has 1 amide bonds. The molecule has 1 aliphatic rings. The minimum Gasteiger partial charge on any atom is -0.327 e. The van der Waals surface area contributed by atoms with Crippen molar-refractivity contribution in [1.82, 2.24) is 4.90 Å². The van der Waals surface area contributed by atoms with Crippen molar-refractivity contribution in [3.8, 4) is 6.07 Å². The first-order chi connectivity index (χ1) is 8.13. The molecule has 1 unspecified atom stereocenters. The Kier molecular flexibility index (Phi) is 5.43. The van der Waals surface area contributed by atoms with Gasteiger partial charge in [0.2, 0.25) is 5.91 Å². The van der Waals surface area contributed by atoms with Crippen LogP contribution in [0.25, 0.3) is 0 Å². The Morgan fingerprint density at radius 3 is 2.71 bits per heavy atom. The molecule has 0 aromatic heterocycles. The molecule has 0 saturated carbocycles. The number of nitriles is 1. The summed E-state index contributed by atoms with van der Waals surface area (Å²) in [5.74, 6) is 0.454. The van der Waals surface area contributed by atoms with Crippen LogP contribution in [0, 0.1) is 17.2 Å². The lowest BCUT2D eigenvalue weighted by molar-refractivity contribution is -0.131. The second-order valence-corrected chi connectivity index (χ2v) is 4.82. The number of carbonyl (C=O) groups excluding carboxylic acids is 1. The molecule has 4 nitrogen and oxygen atoms in total. The van der Waals surface area contributed by atoms with Crippen molar-refractivity contribution in [2.75, 3.05) is 6.54 Å². The van der Waals surface area contributed by atoms with Crippen LogP contribution in [0.15, 0.2) is 0 Å². The molecule has 1 saturated heterocycles. The van der Waals surface area contributed by atoms with Crippen molar-refractivity contribution in [2.24, 2.45) is 11.7 Å². The van der Waals surface area contributed by atoms with Gasteiger partial charge in [-0.05, 0) is 18.8 Å². The van der Waals surface area contributed by atoms with E-state index in [9.17, 15) is 4.79 Å². The van der Waals surface area contributed by atoms with E-state index in [0.29, 0.717) is 18.9 Å². The highest BCUT2D eigenvalue weighted by molar-refractivity contribution is 5.77. The predicted molar refractivity (Wildman–Crippen MR) is 67.0 cm³/mol. The first kappa shape index (κ1) is 14.0. The molecule has 0 aromatic rings. The number of hydrogen-bond donors (Lipinski definition) is 1. The summed E-state index contributed by atoms with van der Waals surface area (Å²) in [6.07, 6.45) is 4.14. The topological polar surface area (TPSA) is 70.1 Å². The van der Waals surface area contributed by atoms with Crippen molar-refractivity contribution in [3.63, 3.8) is 0 Å². The molecular weight excluding hydrogens is 214 g/mol. The fourth-order valence-electron chi connectivity index (χ4n) is 2.58. The van der Waals surface area contributed by atoms with Gasteiger partial charge >= 0.3 is 0 Å². The molecule has 2 atom stereocenters. The maximum atomic E-state index is 12.1. The lowest BCUT2D eigenvalue weighted by Gasteiger charge is -2.25. The number of amides is 1. The van der Waals surface area contributed by atoms with Crippen molar-refractivity contribution in [2.45, 2.75) is 58.0 Å². The molecule has 0 aromatic carbocycles. The van der Waals surface area contributed by atoms with Gasteiger partial charge in [-0.1, -0.05) is 26.7 Å². The summed E-state index contributed by atoms with van der Waals surface area (Å²) in [7, 11) is 0. The highest BCUT2D eigenvalue weighted by Gasteiger charge is 2.30. The van der Waals surface area contributed by atoms with E-state index in [-0.39, 0.29) is 18.0 Å². The van der Waals surface area contributed by atoms with Crippen LogP contribution in [0.5, 0.6) is 0 Å². The molecule has 1 aliphatic heterocycles. The number of nitrogens with two attached hydrogens (primary N) is 1. The van der Waals surface area contributed by atoms with Crippen LogP contribution < -0.4 is 5.73 Å². The van der Waals surface area contributed by atoms with E-state index in [1.165, 1.54) is 0 Å². The zero-order chi connectivity index (χ0) is 12.8. The van der Waals surface area contributed by atoms with Gasteiger partial charge in [0.1, 0.15) is 6.04 Å². The molecule has 4 heteroatoms. The average Bonchev–Trinajstić information content (AvgIpc) is 2.78. The fraction of sp³-hybridized carbons (Fsp3) is 0.846. The minimum absolute atomic E-state index is 0.0495. The van der Waals surface area contributed by atoms with Gasteiger partial charge in [0.15, 0.2) is 0 Å². The Hall–Kier alpha value is -1.08. The van der Waals surface area contributed by atoms with E-state index in [1.54, 1.807) is 4.90 Å². The molecule has 0 bridgehead atoms. The van der Waals surface area contributed by atoms with Crippen LogP contribution in [0.1, 0.15) is 46.0 Å². The summed E-state index contributed by atoms with van der Waals surface area (Å²) in [5.41, 5.74) is 6.06. The molecule has 1 heterocycles. The van der Waals surface area contributed by atoms with Gasteiger partial charge < -0.3 is 10.6 Å². The van der Waals surface area contributed by atoms with Gasteiger partial charge in [-0.3, -0.25) is 4.79 Å². The number of carbonyl (C=O) groups is 1. The Labute approximate surface area is 104 Å². The van der Waals surface area contributed by atoms with Gasteiger partial charge in [0.25, 0.3) is 0 Å². The Morgan fingerprint density at radius 1 is 1.53 bits per heavy atom. The van der Waals surface area contributed by atoms with Gasteiger partial charge in [0, 0.05) is 19.0 Å². The van der Waals surface area contributed by atoms with Crippen molar-refractivity contribution in [1.29, 1.82) is 5.26 Å². The second-order valence-electron chi connectivity index (χ2n) is 4.82. The van der Waals surface area contributed by atoms with Crippen LogP contribution in [0.4, 0.5) is 0 Å². The maximum absolute atomic E-state index is 12.1. The van der Waals surface area contributed by atoms with E-state index in [2.05, 4.69) is 19.9 Å². The molecule has 0 spiro atoms. The van der Waals surface area contributed by atoms with Crippen LogP contribution in [0.3, 0.4) is 0 Å². The van der Waals surface area contributed by atoms with E-state index >= 15 is 0 Å². The van der Waals surface area contributed by atoms with Crippen molar-refractivity contribution in [3.05, 3.63) is 0 Å². The number of nitrogens with zero attached hydrogens (tertiary/aromatic N) is 2. The van der Waals surface area contributed by atoms with Gasteiger partial charge in [-0.25, -0.2) is 0 Å². The normalized spacial score (nSPS) is 21.6. The molecule has 1 rings (SSSR count). The largest absolute Gasteiger partial charge is 0.327 e. The van der Waals surface area contributed by atoms with E-state index < -0.39 is 0 Å². The summed E-state index contributed by atoms with van der Waals surface area (Å²) in [6, 6.07) is 1.89. The van der Waals surface area contributed by atoms with Crippen molar-refractivity contribution < 1.29 is 4.79 Å². The minimum atomic E-state index is -0.226.